The molecule has 2 N–H and O–H groups in total. The molecule has 1 amide bonds. The number of methoxy groups -OCH3 is 1. The molecule has 0 spiro atoms. The quantitative estimate of drug-likeness (QED) is 0.759. The van der Waals surface area contributed by atoms with Crippen LogP contribution in [0.25, 0.3) is 0 Å². The van der Waals surface area contributed by atoms with Crippen molar-refractivity contribution in [3.05, 3.63) is 11.1 Å². The Hall–Kier alpha value is -1.63. The predicted molar refractivity (Wildman–Crippen MR) is 72.1 cm³/mol. The van der Waals surface area contributed by atoms with Gasteiger partial charge in [0.05, 0.1) is 19.2 Å². The number of hydrogen-bond acceptors (Lipinski definition) is 6. The molecule has 104 valence electrons. The molecule has 1 unspecified atom stereocenters. The Labute approximate surface area is 115 Å². The number of nitrogens with zero attached hydrogens (tertiary/aromatic N) is 1. The highest BCUT2D eigenvalue weighted by molar-refractivity contribution is 7.13. The van der Waals surface area contributed by atoms with Crippen LogP contribution in [0.5, 0.6) is 0 Å². The summed E-state index contributed by atoms with van der Waals surface area (Å²) in [5.41, 5.74) is 0.883. The van der Waals surface area contributed by atoms with Crippen LogP contribution in [0.4, 0.5) is 5.13 Å². The summed E-state index contributed by atoms with van der Waals surface area (Å²) in [6.45, 7) is 0.690. The largest absolute Gasteiger partial charge is 0.469 e. The van der Waals surface area contributed by atoms with Gasteiger partial charge in [0, 0.05) is 30.8 Å². The highest BCUT2D eigenvalue weighted by Crippen LogP contribution is 2.17. The zero-order valence-electron chi connectivity index (χ0n) is 10.8. The van der Waals surface area contributed by atoms with Crippen LogP contribution >= 0.6 is 11.3 Å². The predicted octanol–water partition coefficient (Wildman–Crippen LogP) is 0.939. The summed E-state index contributed by atoms with van der Waals surface area (Å²) in [6.07, 6.45) is 2.41. The van der Waals surface area contributed by atoms with Crippen LogP contribution in [0.15, 0.2) is 5.38 Å². The average molecular weight is 283 g/mol. The van der Waals surface area contributed by atoms with E-state index in [1.54, 1.807) is 0 Å². The number of carbonyl (C=O) groups excluding carboxylic acids is 2. The van der Waals surface area contributed by atoms with Crippen molar-refractivity contribution in [3.63, 3.8) is 0 Å². The highest BCUT2D eigenvalue weighted by atomic mass is 32.1. The minimum atomic E-state index is -0.226. The lowest BCUT2D eigenvalue weighted by Crippen LogP contribution is -2.31. The van der Waals surface area contributed by atoms with Crippen molar-refractivity contribution in [1.29, 1.82) is 0 Å². The Balaban J connectivity index is 1.74. The van der Waals surface area contributed by atoms with Gasteiger partial charge in [0.2, 0.25) is 5.91 Å². The lowest BCUT2D eigenvalue weighted by atomic mass is 10.2. The molecule has 1 aliphatic rings. The molecule has 0 aromatic carbocycles. The number of nitrogens with one attached hydrogen (secondary N) is 2. The minimum Gasteiger partial charge on any atom is -0.469 e. The molecule has 1 aromatic rings. The molecular formula is C12H17N3O3S. The number of aromatic nitrogens is 1. The van der Waals surface area contributed by atoms with Crippen molar-refractivity contribution >= 4 is 28.3 Å². The van der Waals surface area contributed by atoms with E-state index in [-0.39, 0.29) is 17.9 Å². The van der Waals surface area contributed by atoms with E-state index < -0.39 is 0 Å². The minimum absolute atomic E-state index is 0.115. The van der Waals surface area contributed by atoms with Crippen LogP contribution in [0.3, 0.4) is 0 Å². The van der Waals surface area contributed by atoms with Crippen molar-refractivity contribution in [1.82, 2.24) is 10.3 Å². The van der Waals surface area contributed by atoms with E-state index in [1.807, 2.05) is 5.38 Å². The number of aryl methyl sites for hydroxylation is 1. The first kappa shape index (κ1) is 13.8. The smallest absolute Gasteiger partial charge is 0.305 e. The van der Waals surface area contributed by atoms with E-state index in [0.717, 1.165) is 17.2 Å². The summed E-state index contributed by atoms with van der Waals surface area (Å²) >= 11 is 1.51. The molecule has 1 atom stereocenters. The molecule has 0 aliphatic carbocycles. The maximum absolute atomic E-state index is 11.1. The van der Waals surface area contributed by atoms with Gasteiger partial charge in [-0.3, -0.25) is 9.59 Å². The lowest BCUT2D eigenvalue weighted by Gasteiger charge is -2.09. The first-order valence-corrected chi connectivity index (χ1v) is 7.10. The van der Waals surface area contributed by atoms with Gasteiger partial charge < -0.3 is 15.4 Å². The number of carbonyl (C=O) groups is 2. The SMILES string of the molecule is COC(=O)CCc1csc(NCC2CCC(=O)N2)n1. The average Bonchev–Trinajstić information content (AvgIpc) is 3.02. The van der Waals surface area contributed by atoms with Gasteiger partial charge in [-0.15, -0.1) is 11.3 Å². The standard InChI is InChI=1S/C12H17N3O3S/c1-18-11(17)5-3-9-7-19-12(15-9)13-6-8-2-4-10(16)14-8/h7-8H,2-6H2,1H3,(H,13,15)(H,14,16). The molecule has 7 heteroatoms. The second-order valence-corrected chi connectivity index (χ2v) is 5.26. The first-order valence-electron chi connectivity index (χ1n) is 6.22. The fourth-order valence-corrected chi connectivity index (χ4v) is 2.63. The van der Waals surface area contributed by atoms with E-state index >= 15 is 0 Å². The van der Waals surface area contributed by atoms with Gasteiger partial charge in [0.15, 0.2) is 5.13 Å². The van der Waals surface area contributed by atoms with E-state index in [1.165, 1.54) is 18.4 Å². The number of thiazole rings is 1. The Kier molecular flexibility index (Phi) is 4.73. The third kappa shape index (κ3) is 4.20. The molecule has 2 heterocycles. The molecule has 0 radical (unpaired) electrons. The van der Waals surface area contributed by atoms with Crippen LogP contribution in [0.1, 0.15) is 25.0 Å². The molecule has 0 saturated carbocycles. The van der Waals surface area contributed by atoms with E-state index in [4.69, 9.17) is 0 Å². The molecular weight excluding hydrogens is 266 g/mol. The third-order valence-corrected chi connectivity index (χ3v) is 3.80. The second-order valence-electron chi connectivity index (χ2n) is 4.40. The van der Waals surface area contributed by atoms with Crippen molar-refractivity contribution in [3.8, 4) is 0 Å². The van der Waals surface area contributed by atoms with Crippen LogP contribution in [0, 0.1) is 0 Å². The number of rotatable bonds is 6. The Bertz CT molecular complexity index is 461. The molecule has 19 heavy (non-hydrogen) atoms. The number of amides is 1. The van der Waals surface area contributed by atoms with Crippen molar-refractivity contribution < 1.29 is 14.3 Å². The normalized spacial score (nSPS) is 18.2. The molecule has 1 fully saturated rings. The molecule has 6 nitrogen and oxygen atoms in total. The molecule has 0 bridgehead atoms. The van der Waals surface area contributed by atoms with Gasteiger partial charge in [-0.1, -0.05) is 0 Å². The van der Waals surface area contributed by atoms with Gasteiger partial charge in [0.1, 0.15) is 0 Å². The summed E-state index contributed by atoms with van der Waals surface area (Å²) < 4.78 is 4.58. The summed E-state index contributed by atoms with van der Waals surface area (Å²) in [5, 5.41) is 8.85. The van der Waals surface area contributed by atoms with Crippen LogP contribution in [-0.2, 0) is 20.7 Å². The summed E-state index contributed by atoms with van der Waals surface area (Å²) in [5.74, 6) is -0.110. The van der Waals surface area contributed by atoms with Gasteiger partial charge >= 0.3 is 5.97 Å². The number of ether oxygens (including phenoxy) is 1. The Morgan fingerprint density at radius 1 is 1.68 bits per heavy atom. The molecule has 1 saturated heterocycles. The maximum Gasteiger partial charge on any atom is 0.305 e. The van der Waals surface area contributed by atoms with E-state index in [0.29, 0.717) is 25.8 Å². The summed E-state index contributed by atoms with van der Waals surface area (Å²) in [4.78, 5) is 26.5. The fourth-order valence-electron chi connectivity index (χ4n) is 1.88. The van der Waals surface area contributed by atoms with Gasteiger partial charge in [-0.05, 0) is 6.42 Å². The van der Waals surface area contributed by atoms with Crippen molar-refractivity contribution in [2.45, 2.75) is 31.7 Å². The molecule has 2 rings (SSSR count). The van der Waals surface area contributed by atoms with Crippen LogP contribution in [0.2, 0.25) is 0 Å². The van der Waals surface area contributed by atoms with Crippen LogP contribution in [-0.4, -0.2) is 36.6 Å². The second kappa shape index (κ2) is 6.51. The topological polar surface area (TPSA) is 80.3 Å². The van der Waals surface area contributed by atoms with Crippen LogP contribution < -0.4 is 10.6 Å². The summed E-state index contributed by atoms with van der Waals surface area (Å²) in [7, 11) is 1.38. The number of anilines is 1. The molecule has 1 aromatic heterocycles. The fraction of sp³-hybridized carbons (Fsp3) is 0.583. The first-order chi connectivity index (χ1) is 9.17. The zero-order chi connectivity index (χ0) is 13.7. The maximum atomic E-state index is 11.1. The summed E-state index contributed by atoms with van der Waals surface area (Å²) in [6, 6.07) is 0.190. The lowest BCUT2D eigenvalue weighted by molar-refractivity contribution is -0.140. The monoisotopic (exact) mass is 283 g/mol. The number of esters is 1. The Morgan fingerprint density at radius 2 is 2.53 bits per heavy atom. The highest BCUT2D eigenvalue weighted by Gasteiger charge is 2.20. The number of hydrogen-bond donors (Lipinski definition) is 2. The zero-order valence-corrected chi connectivity index (χ0v) is 11.6. The molecule has 1 aliphatic heterocycles. The van der Waals surface area contributed by atoms with Gasteiger partial charge in [0.25, 0.3) is 0 Å². The third-order valence-electron chi connectivity index (χ3n) is 2.95. The Morgan fingerprint density at radius 3 is 3.21 bits per heavy atom. The van der Waals surface area contributed by atoms with E-state index in [2.05, 4.69) is 20.4 Å². The van der Waals surface area contributed by atoms with Gasteiger partial charge in [-0.25, -0.2) is 4.98 Å². The van der Waals surface area contributed by atoms with Crippen molar-refractivity contribution in [2.24, 2.45) is 0 Å². The van der Waals surface area contributed by atoms with E-state index in [9.17, 15) is 9.59 Å². The van der Waals surface area contributed by atoms with Crippen molar-refractivity contribution in [2.75, 3.05) is 19.0 Å². The van der Waals surface area contributed by atoms with Gasteiger partial charge in [-0.2, -0.15) is 0 Å².